The van der Waals surface area contributed by atoms with Crippen LogP contribution in [0.15, 0.2) is 65.1 Å². The van der Waals surface area contributed by atoms with Crippen molar-refractivity contribution < 1.29 is 9.84 Å². The van der Waals surface area contributed by atoms with E-state index in [0.717, 1.165) is 26.2 Å². The second-order valence-electron chi connectivity index (χ2n) is 5.91. The third kappa shape index (κ3) is 3.67. The Labute approximate surface area is 170 Å². The van der Waals surface area contributed by atoms with Gasteiger partial charge in [0.25, 0.3) is 0 Å². The highest BCUT2D eigenvalue weighted by molar-refractivity contribution is 7.22. The molecule has 1 N–H and O–H groups in total. The summed E-state index contributed by atoms with van der Waals surface area (Å²) in [6.07, 6.45) is 1.47. The van der Waals surface area contributed by atoms with Crippen molar-refractivity contribution in [2.24, 2.45) is 10.2 Å². The molecule has 6 nitrogen and oxygen atoms in total. The van der Waals surface area contributed by atoms with E-state index in [0.29, 0.717) is 23.1 Å². The van der Waals surface area contributed by atoms with Crippen molar-refractivity contribution in [2.75, 3.05) is 7.11 Å². The maximum absolute atomic E-state index is 9.86. The zero-order valence-corrected chi connectivity index (χ0v) is 16.4. The third-order valence-electron chi connectivity index (χ3n) is 4.09. The van der Waals surface area contributed by atoms with Crippen molar-refractivity contribution in [2.45, 2.75) is 6.54 Å². The average molecular weight is 411 g/mol. The van der Waals surface area contributed by atoms with Gasteiger partial charge in [-0.3, -0.25) is 0 Å². The molecular weight excluding hydrogens is 396 g/mol. The Bertz CT molecular complexity index is 1180. The summed E-state index contributed by atoms with van der Waals surface area (Å²) >= 11 is 7.84. The van der Waals surface area contributed by atoms with Gasteiger partial charge in [-0.15, -0.1) is 16.5 Å². The molecule has 0 atom stereocenters. The number of aromatic nitrogens is 2. The Morgan fingerprint density at radius 3 is 2.79 bits per heavy atom. The first-order valence-electron chi connectivity index (χ1n) is 8.38. The van der Waals surface area contributed by atoms with E-state index in [2.05, 4.69) is 20.2 Å². The highest BCUT2D eigenvalue weighted by atomic mass is 35.5. The molecule has 0 unspecified atom stereocenters. The fourth-order valence-electron chi connectivity index (χ4n) is 2.72. The van der Waals surface area contributed by atoms with Crippen LogP contribution in [0.5, 0.6) is 11.5 Å². The molecule has 0 bridgehead atoms. The van der Waals surface area contributed by atoms with Crippen LogP contribution < -0.4 is 4.74 Å². The normalized spacial score (nSPS) is 11.4. The number of fused-ring (bicyclic) bond motifs is 1. The second kappa shape index (κ2) is 7.92. The van der Waals surface area contributed by atoms with Crippen LogP contribution in [0.4, 0.5) is 5.82 Å². The fourth-order valence-corrected chi connectivity index (χ4v) is 4.10. The molecule has 4 aromatic rings. The van der Waals surface area contributed by atoms with Crippen LogP contribution in [0, 0.1) is 0 Å². The molecule has 0 saturated carbocycles. The summed E-state index contributed by atoms with van der Waals surface area (Å²) in [5.41, 5.74) is 2.56. The van der Waals surface area contributed by atoms with Crippen molar-refractivity contribution in [1.82, 2.24) is 9.97 Å². The van der Waals surface area contributed by atoms with Crippen molar-refractivity contribution in [3.8, 4) is 21.9 Å². The number of halogens is 1. The number of benzene rings is 2. The number of aromatic hydroxyl groups is 1. The molecule has 4 rings (SSSR count). The lowest BCUT2D eigenvalue weighted by Crippen LogP contribution is -1.86. The third-order valence-corrected chi connectivity index (χ3v) is 5.58. The summed E-state index contributed by atoms with van der Waals surface area (Å²) in [5.74, 6) is 0.997. The number of phenols is 1. The molecule has 140 valence electrons. The molecule has 0 saturated heterocycles. The number of hydrogen-bond donors (Lipinski definition) is 1. The van der Waals surface area contributed by atoms with Crippen LogP contribution in [0.3, 0.4) is 0 Å². The SMILES string of the molecule is COc1ccc(CN=Nc2ncnc3cc(-c4ccccc4Cl)sc23)cc1O. The van der Waals surface area contributed by atoms with Crippen LogP contribution in [0.1, 0.15) is 5.56 Å². The number of thiophene rings is 1. The number of rotatable bonds is 5. The standard InChI is InChI=1S/C20H15ClN4O2S/c1-27-17-7-6-12(8-16(17)26)10-24-25-20-19-15(22-11-23-20)9-18(28-19)13-4-2-3-5-14(13)21/h2-9,11,26H,10H2,1H3. The fraction of sp³-hybridized carbons (Fsp3) is 0.100. The number of ether oxygens (including phenoxy) is 1. The van der Waals surface area contributed by atoms with Gasteiger partial charge in [0.1, 0.15) is 6.33 Å². The van der Waals surface area contributed by atoms with Gasteiger partial charge in [-0.2, -0.15) is 5.11 Å². The Morgan fingerprint density at radius 2 is 2.00 bits per heavy atom. The number of hydrogen-bond acceptors (Lipinski definition) is 7. The molecule has 0 aliphatic heterocycles. The van der Waals surface area contributed by atoms with Crippen molar-refractivity contribution in [3.63, 3.8) is 0 Å². The number of phenolic OH excluding ortho intramolecular Hbond substituents is 1. The van der Waals surface area contributed by atoms with Crippen LogP contribution in [0.25, 0.3) is 20.7 Å². The van der Waals surface area contributed by atoms with E-state index in [1.165, 1.54) is 24.8 Å². The predicted molar refractivity (Wildman–Crippen MR) is 111 cm³/mol. The van der Waals surface area contributed by atoms with E-state index >= 15 is 0 Å². The molecule has 0 aliphatic carbocycles. The summed E-state index contributed by atoms with van der Waals surface area (Å²) < 4.78 is 5.89. The molecule has 2 heterocycles. The maximum Gasteiger partial charge on any atom is 0.195 e. The minimum absolute atomic E-state index is 0.0715. The minimum Gasteiger partial charge on any atom is -0.504 e. The van der Waals surface area contributed by atoms with Crippen LogP contribution in [-0.2, 0) is 6.54 Å². The first-order valence-corrected chi connectivity index (χ1v) is 9.58. The summed E-state index contributed by atoms with van der Waals surface area (Å²) in [4.78, 5) is 9.57. The Hall–Kier alpha value is -3.03. The Balaban J connectivity index is 1.61. The van der Waals surface area contributed by atoms with Gasteiger partial charge >= 0.3 is 0 Å². The average Bonchev–Trinajstić information content (AvgIpc) is 3.13. The summed E-state index contributed by atoms with van der Waals surface area (Å²) in [5, 5.41) is 19.0. The number of nitrogens with zero attached hydrogens (tertiary/aromatic N) is 4. The van der Waals surface area contributed by atoms with Crippen molar-refractivity contribution in [1.29, 1.82) is 0 Å². The first-order chi connectivity index (χ1) is 13.7. The predicted octanol–water partition coefficient (Wildman–Crippen LogP) is 6.01. The van der Waals surface area contributed by atoms with Crippen LogP contribution in [0.2, 0.25) is 5.02 Å². The molecule has 0 amide bonds. The minimum atomic E-state index is 0.0715. The molecule has 0 radical (unpaired) electrons. The van der Waals surface area contributed by atoms with Crippen molar-refractivity contribution >= 4 is 39.0 Å². The maximum atomic E-state index is 9.86. The second-order valence-corrected chi connectivity index (χ2v) is 7.37. The van der Waals surface area contributed by atoms with Crippen LogP contribution >= 0.6 is 22.9 Å². The zero-order valence-electron chi connectivity index (χ0n) is 14.8. The van der Waals surface area contributed by atoms with E-state index in [9.17, 15) is 5.11 Å². The van der Waals surface area contributed by atoms with Crippen molar-refractivity contribution in [3.05, 3.63) is 65.4 Å². The number of azo groups is 1. The van der Waals surface area contributed by atoms with Crippen LogP contribution in [-0.4, -0.2) is 22.2 Å². The topological polar surface area (TPSA) is 80.0 Å². The van der Waals surface area contributed by atoms with E-state index in [1.807, 2.05) is 36.4 Å². The molecule has 8 heteroatoms. The summed E-state index contributed by atoms with van der Waals surface area (Å²) in [7, 11) is 1.51. The molecular formula is C20H15ClN4O2S. The zero-order chi connectivity index (χ0) is 19.5. The molecule has 0 spiro atoms. The van der Waals surface area contributed by atoms with Gasteiger partial charge in [-0.25, -0.2) is 9.97 Å². The monoisotopic (exact) mass is 410 g/mol. The van der Waals surface area contributed by atoms with Gasteiger partial charge in [0.15, 0.2) is 17.3 Å². The Kier molecular flexibility index (Phi) is 5.18. The molecule has 2 aromatic heterocycles. The van der Waals surface area contributed by atoms with Gasteiger partial charge in [0.2, 0.25) is 0 Å². The highest BCUT2D eigenvalue weighted by Gasteiger charge is 2.12. The lowest BCUT2D eigenvalue weighted by Gasteiger charge is -2.03. The highest BCUT2D eigenvalue weighted by Crippen LogP contribution is 2.39. The van der Waals surface area contributed by atoms with E-state index < -0.39 is 0 Å². The van der Waals surface area contributed by atoms with Gasteiger partial charge in [-0.05, 0) is 29.8 Å². The smallest absolute Gasteiger partial charge is 0.195 e. The lowest BCUT2D eigenvalue weighted by atomic mass is 10.2. The van der Waals surface area contributed by atoms with Gasteiger partial charge in [0.05, 0.1) is 23.9 Å². The molecule has 0 fully saturated rings. The largest absolute Gasteiger partial charge is 0.504 e. The molecule has 28 heavy (non-hydrogen) atoms. The van der Waals surface area contributed by atoms with E-state index in [4.69, 9.17) is 16.3 Å². The summed E-state index contributed by atoms with van der Waals surface area (Å²) in [6.45, 7) is 0.311. The number of methoxy groups -OCH3 is 1. The molecule has 2 aromatic carbocycles. The van der Waals surface area contributed by atoms with E-state index in [1.54, 1.807) is 12.1 Å². The van der Waals surface area contributed by atoms with Gasteiger partial charge in [-0.1, -0.05) is 35.9 Å². The molecule has 0 aliphatic rings. The quantitative estimate of drug-likeness (QED) is 0.408. The van der Waals surface area contributed by atoms with Gasteiger partial charge < -0.3 is 9.84 Å². The van der Waals surface area contributed by atoms with E-state index in [-0.39, 0.29) is 5.75 Å². The lowest BCUT2D eigenvalue weighted by molar-refractivity contribution is 0.373. The van der Waals surface area contributed by atoms with Gasteiger partial charge in [0, 0.05) is 15.5 Å². The first kappa shape index (κ1) is 18.3. The summed E-state index contributed by atoms with van der Waals surface area (Å²) in [6, 6.07) is 14.8. The Morgan fingerprint density at radius 1 is 1.14 bits per heavy atom.